The van der Waals surface area contributed by atoms with E-state index in [0.717, 1.165) is 33.8 Å². The van der Waals surface area contributed by atoms with E-state index in [-0.39, 0.29) is 0 Å². The van der Waals surface area contributed by atoms with Gasteiger partial charge in [0, 0.05) is 35.5 Å². The molecule has 1 aliphatic rings. The van der Waals surface area contributed by atoms with Crippen molar-refractivity contribution in [3.63, 3.8) is 0 Å². The Morgan fingerprint density at radius 1 is 1.45 bits per heavy atom. The van der Waals surface area contributed by atoms with Crippen LogP contribution >= 0.6 is 15.9 Å². The van der Waals surface area contributed by atoms with Crippen LogP contribution in [0.25, 0.3) is 11.0 Å². The highest BCUT2D eigenvalue weighted by molar-refractivity contribution is 9.10. The summed E-state index contributed by atoms with van der Waals surface area (Å²) in [7, 11) is 2.21. The summed E-state index contributed by atoms with van der Waals surface area (Å²) in [6.07, 6.45) is 6.33. The zero-order valence-corrected chi connectivity index (χ0v) is 13.4. The van der Waals surface area contributed by atoms with Crippen molar-refractivity contribution < 1.29 is 0 Å². The van der Waals surface area contributed by atoms with Crippen LogP contribution in [0.3, 0.4) is 0 Å². The van der Waals surface area contributed by atoms with Gasteiger partial charge >= 0.3 is 0 Å². The van der Waals surface area contributed by atoms with Crippen molar-refractivity contribution in [1.29, 1.82) is 0 Å². The lowest BCUT2D eigenvalue weighted by Gasteiger charge is -2.25. The number of nitrogens with one attached hydrogen (secondary N) is 1. The van der Waals surface area contributed by atoms with Crippen molar-refractivity contribution in [1.82, 2.24) is 14.9 Å². The van der Waals surface area contributed by atoms with Gasteiger partial charge < -0.3 is 5.32 Å². The zero-order valence-electron chi connectivity index (χ0n) is 11.8. The smallest absolute Gasteiger partial charge is 0.112 e. The third-order valence-corrected chi connectivity index (χ3v) is 4.38. The molecule has 1 fully saturated rings. The van der Waals surface area contributed by atoms with Crippen molar-refractivity contribution in [3.8, 4) is 0 Å². The molecule has 0 amide bonds. The lowest BCUT2D eigenvalue weighted by atomic mass is 10.2. The quantitative estimate of drug-likeness (QED) is 0.910. The van der Waals surface area contributed by atoms with Gasteiger partial charge in [0.1, 0.15) is 5.52 Å². The average molecular weight is 335 g/mol. The lowest BCUT2D eigenvalue weighted by Crippen LogP contribution is -2.36. The van der Waals surface area contributed by atoms with E-state index in [1.807, 2.05) is 24.5 Å². The van der Waals surface area contributed by atoms with Gasteiger partial charge in [0.2, 0.25) is 0 Å². The SMILES string of the molecule is CC(CNc1ccnc2cc(Br)cnc12)N(C)C1CC1. The maximum absolute atomic E-state index is 4.47. The first kappa shape index (κ1) is 13.8. The number of fused-ring (bicyclic) bond motifs is 1. The van der Waals surface area contributed by atoms with Gasteiger partial charge in [-0.05, 0) is 54.9 Å². The van der Waals surface area contributed by atoms with Gasteiger partial charge in [-0.3, -0.25) is 14.9 Å². The van der Waals surface area contributed by atoms with Crippen molar-refractivity contribution in [2.75, 3.05) is 18.9 Å². The van der Waals surface area contributed by atoms with Crippen LogP contribution in [0.1, 0.15) is 19.8 Å². The molecule has 5 heteroatoms. The molecule has 2 aromatic rings. The molecule has 1 aliphatic carbocycles. The first-order chi connectivity index (χ1) is 9.65. The van der Waals surface area contributed by atoms with Crippen LogP contribution in [-0.2, 0) is 0 Å². The highest BCUT2D eigenvalue weighted by Crippen LogP contribution is 2.27. The topological polar surface area (TPSA) is 41.1 Å². The molecule has 0 saturated heterocycles. The molecule has 1 N–H and O–H groups in total. The molecule has 0 radical (unpaired) electrons. The Balaban J connectivity index is 1.73. The molecule has 1 unspecified atom stereocenters. The lowest BCUT2D eigenvalue weighted by molar-refractivity contribution is 0.257. The van der Waals surface area contributed by atoms with Crippen molar-refractivity contribution >= 4 is 32.7 Å². The minimum absolute atomic E-state index is 0.515. The average Bonchev–Trinajstić information content (AvgIpc) is 3.28. The van der Waals surface area contributed by atoms with Gasteiger partial charge in [0.25, 0.3) is 0 Å². The molecular weight excluding hydrogens is 316 g/mol. The Labute approximate surface area is 127 Å². The molecule has 0 aromatic carbocycles. The molecule has 3 rings (SSSR count). The van der Waals surface area contributed by atoms with Crippen LogP contribution in [-0.4, -0.2) is 40.5 Å². The molecule has 20 heavy (non-hydrogen) atoms. The van der Waals surface area contributed by atoms with E-state index in [2.05, 4.69) is 50.1 Å². The normalized spacial score (nSPS) is 16.6. The molecule has 2 heterocycles. The molecule has 106 valence electrons. The van der Waals surface area contributed by atoms with Crippen molar-refractivity contribution in [2.45, 2.75) is 31.8 Å². The van der Waals surface area contributed by atoms with E-state index in [1.54, 1.807) is 0 Å². The largest absolute Gasteiger partial charge is 0.382 e. The van der Waals surface area contributed by atoms with E-state index < -0.39 is 0 Å². The molecule has 4 nitrogen and oxygen atoms in total. The zero-order chi connectivity index (χ0) is 14.1. The van der Waals surface area contributed by atoms with E-state index >= 15 is 0 Å². The maximum Gasteiger partial charge on any atom is 0.112 e. The Hall–Kier alpha value is -1.20. The molecule has 2 aromatic heterocycles. The number of likely N-dealkylation sites (N-methyl/N-ethyl adjacent to an activating group) is 1. The van der Waals surface area contributed by atoms with Crippen LogP contribution in [0, 0.1) is 0 Å². The summed E-state index contributed by atoms with van der Waals surface area (Å²) in [5, 5.41) is 3.51. The van der Waals surface area contributed by atoms with Crippen LogP contribution < -0.4 is 5.32 Å². The van der Waals surface area contributed by atoms with Gasteiger partial charge in [-0.2, -0.15) is 0 Å². The fourth-order valence-electron chi connectivity index (χ4n) is 2.39. The fraction of sp³-hybridized carbons (Fsp3) is 0.467. The predicted octanol–water partition coefficient (Wildman–Crippen LogP) is 3.29. The van der Waals surface area contributed by atoms with Crippen LogP contribution in [0.4, 0.5) is 5.69 Å². The third-order valence-electron chi connectivity index (χ3n) is 3.95. The molecule has 0 bridgehead atoms. The van der Waals surface area contributed by atoms with E-state index in [9.17, 15) is 0 Å². The summed E-state index contributed by atoms with van der Waals surface area (Å²) in [6, 6.07) is 5.29. The van der Waals surface area contributed by atoms with E-state index in [4.69, 9.17) is 0 Å². The number of rotatable bonds is 5. The number of aromatic nitrogens is 2. The summed E-state index contributed by atoms with van der Waals surface area (Å²) < 4.78 is 0.955. The number of hydrogen-bond donors (Lipinski definition) is 1. The summed E-state index contributed by atoms with van der Waals surface area (Å²) in [4.78, 5) is 11.3. The second-order valence-electron chi connectivity index (χ2n) is 5.51. The first-order valence-corrected chi connectivity index (χ1v) is 7.80. The van der Waals surface area contributed by atoms with Crippen LogP contribution in [0.5, 0.6) is 0 Å². The second kappa shape index (κ2) is 5.66. The highest BCUT2D eigenvalue weighted by Gasteiger charge is 2.28. The fourth-order valence-corrected chi connectivity index (χ4v) is 2.71. The Morgan fingerprint density at radius 3 is 3.00 bits per heavy atom. The predicted molar refractivity (Wildman–Crippen MR) is 86.0 cm³/mol. The van der Waals surface area contributed by atoms with Gasteiger partial charge in [-0.25, -0.2) is 0 Å². The number of nitrogens with zero attached hydrogens (tertiary/aromatic N) is 3. The Kier molecular flexibility index (Phi) is 3.89. The standard InChI is InChI=1S/C15H19BrN4/c1-10(20(2)12-3-4-12)8-18-13-5-6-17-14-7-11(16)9-19-15(13)14/h5-7,9-10,12H,3-4,8H2,1-2H3,(H,17,18). The van der Waals surface area contributed by atoms with Crippen LogP contribution in [0.15, 0.2) is 29.0 Å². The number of anilines is 1. The number of hydrogen-bond acceptors (Lipinski definition) is 4. The van der Waals surface area contributed by atoms with Gasteiger partial charge in [-0.15, -0.1) is 0 Å². The monoisotopic (exact) mass is 334 g/mol. The van der Waals surface area contributed by atoms with Gasteiger partial charge in [0.05, 0.1) is 11.2 Å². The second-order valence-corrected chi connectivity index (χ2v) is 6.42. The first-order valence-electron chi connectivity index (χ1n) is 7.01. The summed E-state index contributed by atoms with van der Waals surface area (Å²) >= 11 is 3.43. The minimum atomic E-state index is 0.515. The highest BCUT2D eigenvalue weighted by atomic mass is 79.9. The van der Waals surface area contributed by atoms with Crippen molar-refractivity contribution in [3.05, 3.63) is 29.0 Å². The molecule has 1 saturated carbocycles. The molecule has 0 aliphatic heterocycles. The Bertz CT molecular complexity index is 612. The minimum Gasteiger partial charge on any atom is -0.382 e. The third kappa shape index (κ3) is 2.94. The number of halogens is 1. The van der Waals surface area contributed by atoms with E-state index in [0.29, 0.717) is 6.04 Å². The summed E-state index contributed by atoms with van der Waals surface area (Å²) in [5.41, 5.74) is 2.89. The summed E-state index contributed by atoms with van der Waals surface area (Å²) in [5.74, 6) is 0. The van der Waals surface area contributed by atoms with E-state index in [1.165, 1.54) is 12.8 Å². The Morgan fingerprint density at radius 2 is 2.25 bits per heavy atom. The summed E-state index contributed by atoms with van der Waals surface area (Å²) in [6.45, 7) is 3.18. The molecule has 1 atom stereocenters. The van der Waals surface area contributed by atoms with Crippen LogP contribution in [0.2, 0.25) is 0 Å². The van der Waals surface area contributed by atoms with Gasteiger partial charge in [0.15, 0.2) is 0 Å². The van der Waals surface area contributed by atoms with Crippen molar-refractivity contribution in [2.24, 2.45) is 0 Å². The molecule has 0 spiro atoms. The van der Waals surface area contributed by atoms with Gasteiger partial charge in [-0.1, -0.05) is 0 Å². The number of pyridine rings is 2. The maximum atomic E-state index is 4.47. The molecular formula is C15H19BrN4.